The van der Waals surface area contributed by atoms with Crippen LogP contribution in [0.3, 0.4) is 0 Å². The van der Waals surface area contributed by atoms with E-state index in [4.69, 9.17) is 15.2 Å². The first kappa shape index (κ1) is 19.5. The molecule has 1 rings (SSSR count). The largest absolute Gasteiger partial charge is 0.444 e. The molecular weight excluding hydrogens is 298 g/mol. The van der Waals surface area contributed by atoms with Crippen LogP contribution in [-0.4, -0.2) is 54.0 Å². The lowest BCUT2D eigenvalue weighted by Crippen LogP contribution is -2.53. The van der Waals surface area contributed by atoms with E-state index >= 15 is 0 Å². The van der Waals surface area contributed by atoms with E-state index in [0.29, 0.717) is 26.1 Å². The highest BCUT2D eigenvalue weighted by atomic mass is 16.6. The van der Waals surface area contributed by atoms with Gasteiger partial charge >= 0.3 is 12.2 Å². The summed E-state index contributed by atoms with van der Waals surface area (Å²) < 4.78 is 10.6. The molecule has 0 radical (unpaired) electrons. The molecule has 2 atom stereocenters. The molecule has 0 aromatic carbocycles. The Balaban J connectivity index is 2.51. The summed E-state index contributed by atoms with van der Waals surface area (Å²) in [5, 5.41) is 2.73. The maximum Gasteiger partial charge on any atom is 0.410 e. The minimum atomic E-state index is -0.540. The van der Waals surface area contributed by atoms with Crippen molar-refractivity contribution in [1.82, 2.24) is 10.2 Å². The molecule has 2 unspecified atom stereocenters. The normalized spacial score (nSPS) is 22.5. The molecule has 0 aromatic rings. The molecule has 1 heterocycles. The molecule has 0 aliphatic carbocycles. The van der Waals surface area contributed by atoms with E-state index in [1.807, 2.05) is 41.5 Å². The molecule has 1 fully saturated rings. The average molecular weight is 329 g/mol. The molecule has 3 N–H and O–H groups in total. The smallest absolute Gasteiger partial charge is 0.410 e. The second-order valence-electron chi connectivity index (χ2n) is 8.02. The molecule has 7 heteroatoms. The molecule has 7 nitrogen and oxygen atoms in total. The van der Waals surface area contributed by atoms with Gasteiger partial charge in [0.2, 0.25) is 0 Å². The summed E-state index contributed by atoms with van der Waals surface area (Å²) >= 11 is 0. The van der Waals surface area contributed by atoms with Crippen molar-refractivity contribution in [2.45, 2.75) is 65.2 Å². The van der Waals surface area contributed by atoms with Crippen LogP contribution in [0.5, 0.6) is 0 Å². The average Bonchev–Trinajstić information content (AvgIpc) is 2.33. The lowest BCUT2D eigenvalue weighted by Gasteiger charge is -2.37. The van der Waals surface area contributed by atoms with Gasteiger partial charge in [0.05, 0.1) is 0 Å². The third kappa shape index (κ3) is 7.54. The number of hydrogen-bond donors (Lipinski definition) is 2. The Hall–Kier alpha value is -1.50. The van der Waals surface area contributed by atoms with E-state index in [1.54, 1.807) is 4.90 Å². The first-order valence-corrected chi connectivity index (χ1v) is 8.08. The van der Waals surface area contributed by atoms with Gasteiger partial charge in [0.1, 0.15) is 11.2 Å². The van der Waals surface area contributed by atoms with Crippen LogP contribution in [0.2, 0.25) is 0 Å². The molecular formula is C16H31N3O4. The zero-order valence-electron chi connectivity index (χ0n) is 15.1. The van der Waals surface area contributed by atoms with Crippen LogP contribution in [0.1, 0.15) is 48.0 Å². The Bertz CT molecular complexity index is 426. The number of carbonyl (C=O) groups is 2. The lowest BCUT2D eigenvalue weighted by molar-refractivity contribution is 0.0145. The summed E-state index contributed by atoms with van der Waals surface area (Å²) in [6.45, 7) is 12.3. The number of piperidine rings is 1. The molecule has 23 heavy (non-hydrogen) atoms. The van der Waals surface area contributed by atoms with Gasteiger partial charge in [-0.1, -0.05) is 0 Å². The second-order valence-corrected chi connectivity index (χ2v) is 8.02. The van der Waals surface area contributed by atoms with E-state index in [9.17, 15) is 9.59 Å². The van der Waals surface area contributed by atoms with Crippen molar-refractivity contribution in [2.24, 2.45) is 11.7 Å². The van der Waals surface area contributed by atoms with Crippen molar-refractivity contribution in [2.75, 3.05) is 19.6 Å². The first-order chi connectivity index (χ1) is 10.4. The topological polar surface area (TPSA) is 93.9 Å². The zero-order valence-corrected chi connectivity index (χ0v) is 15.1. The summed E-state index contributed by atoms with van der Waals surface area (Å²) in [6, 6.07) is -0.0661. The number of amides is 2. The zero-order chi connectivity index (χ0) is 17.8. The van der Waals surface area contributed by atoms with Gasteiger partial charge in [0, 0.05) is 31.6 Å². The molecule has 0 spiro atoms. The Morgan fingerprint density at radius 2 is 1.70 bits per heavy atom. The second kappa shape index (κ2) is 7.38. The van der Waals surface area contributed by atoms with Gasteiger partial charge in [-0.05, 0) is 48.0 Å². The monoisotopic (exact) mass is 329 g/mol. The number of ether oxygens (including phenoxy) is 2. The highest BCUT2D eigenvalue weighted by Gasteiger charge is 2.32. The van der Waals surface area contributed by atoms with E-state index in [2.05, 4.69) is 5.32 Å². The van der Waals surface area contributed by atoms with Crippen LogP contribution in [0, 0.1) is 5.92 Å². The predicted molar refractivity (Wildman–Crippen MR) is 88.1 cm³/mol. The van der Waals surface area contributed by atoms with E-state index in [0.717, 1.165) is 0 Å². The molecule has 0 bridgehead atoms. The molecule has 0 aromatic heterocycles. The van der Waals surface area contributed by atoms with Crippen molar-refractivity contribution < 1.29 is 19.1 Å². The van der Waals surface area contributed by atoms with Gasteiger partial charge in [-0.2, -0.15) is 0 Å². The van der Waals surface area contributed by atoms with Gasteiger partial charge in [0.25, 0.3) is 0 Å². The fourth-order valence-corrected chi connectivity index (χ4v) is 2.29. The highest BCUT2D eigenvalue weighted by Crippen LogP contribution is 2.18. The standard InChI is InChI=1S/C16H31N3O4/c1-15(2,3)22-13(20)18-9-11-10-19(8-7-12(11)17)14(21)23-16(4,5)6/h11-12H,7-10,17H2,1-6H3,(H,18,20). The van der Waals surface area contributed by atoms with Crippen LogP contribution in [0.25, 0.3) is 0 Å². The molecule has 1 saturated heterocycles. The van der Waals surface area contributed by atoms with Crippen LogP contribution in [0.15, 0.2) is 0 Å². The van der Waals surface area contributed by atoms with Crippen LogP contribution in [0.4, 0.5) is 9.59 Å². The molecule has 1 aliphatic heterocycles. The minimum Gasteiger partial charge on any atom is -0.444 e. The number of hydrogen-bond acceptors (Lipinski definition) is 5. The van der Waals surface area contributed by atoms with Crippen molar-refractivity contribution in [3.8, 4) is 0 Å². The van der Waals surface area contributed by atoms with Gasteiger partial charge in [-0.25, -0.2) is 9.59 Å². The van der Waals surface area contributed by atoms with Gasteiger partial charge < -0.3 is 25.4 Å². The van der Waals surface area contributed by atoms with Crippen molar-refractivity contribution in [3.05, 3.63) is 0 Å². The molecule has 2 amide bonds. The Morgan fingerprint density at radius 3 is 2.22 bits per heavy atom. The highest BCUT2D eigenvalue weighted by molar-refractivity contribution is 5.69. The van der Waals surface area contributed by atoms with Gasteiger partial charge in [0.15, 0.2) is 0 Å². The fraction of sp³-hybridized carbons (Fsp3) is 0.875. The molecule has 1 aliphatic rings. The summed E-state index contributed by atoms with van der Waals surface area (Å²) in [5.74, 6) is -0.0243. The number of nitrogens with zero attached hydrogens (tertiary/aromatic N) is 1. The Labute approximate surface area is 138 Å². The maximum atomic E-state index is 12.1. The van der Waals surface area contributed by atoms with E-state index in [-0.39, 0.29) is 18.1 Å². The Kier molecular flexibility index (Phi) is 6.27. The number of carbonyl (C=O) groups excluding carboxylic acids is 2. The number of rotatable bonds is 2. The molecule has 134 valence electrons. The lowest BCUT2D eigenvalue weighted by atomic mass is 9.93. The summed E-state index contributed by atoms with van der Waals surface area (Å²) in [7, 11) is 0. The van der Waals surface area contributed by atoms with Crippen LogP contribution < -0.4 is 11.1 Å². The van der Waals surface area contributed by atoms with Crippen molar-refractivity contribution >= 4 is 12.2 Å². The maximum absolute atomic E-state index is 12.1. The number of likely N-dealkylation sites (tertiary alicyclic amines) is 1. The number of alkyl carbamates (subject to hydrolysis) is 1. The Morgan fingerprint density at radius 1 is 1.13 bits per heavy atom. The van der Waals surface area contributed by atoms with E-state index in [1.165, 1.54) is 0 Å². The van der Waals surface area contributed by atoms with Crippen LogP contribution in [-0.2, 0) is 9.47 Å². The van der Waals surface area contributed by atoms with Gasteiger partial charge in [-0.15, -0.1) is 0 Å². The fourth-order valence-electron chi connectivity index (χ4n) is 2.29. The SMILES string of the molecule is CC(C)(C)OC(=O)NCC1CN(C(=O)OC(C)(C)C)CCC1N. The summed E-state index contributed by atoms with van der Waals surface area (Å²) in [5.41, 5.74) is 5.04. The molecule has 0 saturated carbocycles. The van der Waals surface area contributed by atoms with E-state index < -0.39 is 17.3 Å². The first-order valence-electron chi connectivity index (χ1n) is 8.08. The third-order valence-corrected chi connectivity index (χ3v) is 3.35. The number of nitrogens with one attached hydrogen (secondary N) is 1. The number of nitrogens with two attached hydrogens (primary N) is 1. The van der Waals surface area contributed by atoms with Crippen LogP contribution >= 0.6 is 0 Å². The summed E-state index contributed by atoms with van der Waals surface area (Å²) in [4.78, 5) is 25.5. The van der Waals surface area contributed by atoms with Gasteiger partial charge in [-0.3, -0.25) is 0 Å². The minimum absolute atomic E-state index is 0.0243. The van der Waals surface area contributed by atoms with Crippen molar-refractivity contribution in [3.63, 3.8) is 0 Å². The predicted octanol–water partition coefficient (Wildman–Crippen LogP) is 2.10. The van der Waals surface area contributed by atoms with Crippen molar-refractivity contribution in [1.29, 1.82) is 0 Å². The third-order valence-electron chi connectivity index (χ3n) is 3.35. The summed E-state index contributed by atoms with van der Waals surface area (Å²) in [6.07, 6.45) is -0.134. The quantitative estimate of drug-likeness (QED) is 0.809.